The number of hydrogen-bond donors (Lipinski definition) is 1. The molecule has 0 aliphatic heterocycles. The molecule has 0 saturated carbocycles. The number of carbonyl (C=O) groups excluding carboxylic acids is 2. The molecule has 0 aromatic heterocycles. The maximum Gasteiger partial charge on any atom is 0.405 e. The standard InChI is InChI=1S/C12H11F3N2O6/c1-22-9-3-2-7(4-8(9)17(20)21)11(19)23-5-10(18)16-6-12(13,14)15/h2-4H,5-6H2,1H3,(H,16,18). The van der Waals surface area contributed by atoms with Gasteiger partial charge in [0.05, 0.1) is 17.6 Å². The summed E-state index contributed by atoms with van der Waals surface area (Å²) in [5.74, 6) is -2.34. The molecule has 0 fully saturated rings. The van der Waals surface area contributed by atoms with Crippen LogP contribution in [0.4, 0.5) is 18.9 Å². The molecule has 0 spiro atoms. The minimum Gasteiger partial charge on any atom is -0.490 e. The average molecular weight is 336 g/mol. The van der Waals surface area contributed by atoms with Gasteiger partial charge in [0.1, 0.15) is 6.54 Å². The van der Waals surface area contributed by atoms with Gasteiger partial charge in [0, 0.05) is 6.07 Å². The van der Waals surface area contributed by atoms with Crippen LogP contribution in [0.15, 0.2) is 18.2 Å². The molecule has 11 heteroatoms. The van der Waals surface area contributed by atoms with Crippen LogP contribution in [0.25, 0.3) is 0 Å². The highest BCUT2D eigenvalue weighted by molar-refractivity contribution is 5.92. The molecular weight excluding hydrogens is 325 g/mol. The van der Waals surface area contributed by atoms with E-state index in [9.17, 15) is 32.9 Å². The molecule has 0 aliphatic rings. The predicted molar refractivity (Wildman–Crippen MR) is 69.0 cm³/mol. The number of hydrogen-bond acceptors (Lipinski definition) is 6. The lowest BCUT2D eigenvalue weighted by Crippen LogP contribution is -2.36. The Labute approximate surface area is 127 Å². The van der Waals surface area contributed by atoms with Gasteiger partial charge in [-0.3, -0.25) is 14.9 Å². The van der Waals surface area contributed by atoms with Gasteiger partial charge in [0.15, 0.2) is 12.4 Å². The Morgan fingerprint density at radius 2 is 2.00 bits per heavy atom. The highest BCUT2D eigenvalue weighted by Crippen LogP contribution is 2.27. The summed E-state index contributed by atoms with van der Waals surface area (Å²) in [4.78, 5) is 32.7. The van der Waals surface area contributed by atoms with Crippen LogP contribution in [0.2, 0.25) is 0 Å². The Balaban J connectivity index is 2.67. The van der Waals surface area contributed by atoms with Gasteiger partial charge < -0.3 is 14.8 Å². The molecule has 0 saturated heterocycles. The number of ether oxygens (including phenoxy) is 2. The summed E-state index contributed by atoms with van der Waals surface area (Å²) in [5.41, 5.74) is -0.746. The molecule has 1 aromatic carbocycles. The zero-order valence-electron chi connectivity index (χ0n) is 11.7. The number of alkyl halides is 3. The Morgan fingerprint density at radius 3 is 2.52 bits per heavy atom. The summed E-state index contributed by atoms with van der Waals surface area (Å²) in [5, 5.41) is 12.3. The van der Waals surface area contributed by atoms with E-state index in [4.69, 9.17) is 4.74 Å². The van der Waals surface area contributed by atoms with Crippen molar-refractivity contribution in [2.45, 2.75) is 6.18 Å². The first kappa shape index (κ1) is 18.2. The molecular formula is C12H11F3N2O6. The monoisotopic (exact) mass is 336 g/mol. The van der Waals surface area contributed by atoms with Crippen molar-refractivity contribution in [1.82, 2.24) is 5.32 Å². The molecule has 1 rings (SSSR count). The fourth-order valence-corrected chi connectivity index (χ4v) is 1.42. The third-order valence-electron chi connectivity index (χ3n) is 2.43. The Hall–Kier alpha value is -2.85. The third kappa shape index (κ3) is 5.80. The van der Waals surface area contributed by atoms with Gasteiger partial charge in [-0.15, -0.1) is 0 Å². The molecule has 1 aromatic rings. The first-order valence-corrected chi connectivity index (χ1v) is 5.97. The number of nitrogens with zero attached hydrogens (tertiary/aromatic N) is 1. The first-order valence-electron chi connectivity index (χ1n) is 5.97. The Kier molecular flexibility index (Phi) is 5.87. The smallest absolute Gasteiger partial charge is 0.405 e. The maximum atomic E-state index is 11.9. The second kappa shape index (κ2) is 7.42. The SMILES string of the molecule is COc1ccc(C(=O)OCC(=O)NCC(F)(F)F)cc1[N+](=O)[O-]. The number of nitro groups is 1. The van der Waals surface area contributed by atoms with Crippen LogP contribution in [0.3, 0.4) is 0 Å². The van der Waals surface area contributed by atoms with Crippen LogP contribution in [0.1, 0.15) is 10.4 Å². The first-order chi connectivity index (χ1) is 10.6. The van der Waals surface area contributed by atoms with E-state index in [0.29, 0.717) is 0 Å². The zero-order chi connectivity index (χ0) is 17.6. The molecule has 23 heavy (non-hydrogen) atoms. The lowest BCUT2D eigenvalue weighted by atomic mass is 10.2. The second-order valence-electron chi connectivity index (χ2n) is 4.11. The molecule has 0 bridgehead atoms. The van der Waals surface area contributed by atoms with E-state index < -0.39 is 41.8 Å². The summed E-state index contributed by atoms with van der Waals surface area (Å²) in [6, 6.07) is 3.18. The topological polar surface area (TPSA) is 108 Å². The minimum absolute atomic E-state index is 0.0885. The van der Waals surface area contributed by atoms with Crippen LogP contribution in [0.5, 0.6) is 5.75 Å². The third-order valence-corrected chi connectivity index (χ3v) is 2.43. The van der Waals surface area contributed by atoms with Crippen LogP contribution in [0, 0.1) is 10.1 Å². The van der Waals surface area contributed by atoms with Gasteiger partial charge in [-0.25, -0.2) is 4.79 Å². The molecule has 126 valence electrons. The number of esters is 1. The average Bonchev–Trinajstić information content (AvgIpc) is 2.49. The molecule has 1 N–H and O–H groups in total. The van der Waals surface area contributed by atoms with Crippen LogP contribution < -0.4 is 10.1 Å². The summed E-state index contributed by atoms with van der Waals surface area (Å²) in [6.07, 6.45) is -4.59. The van der Waals surface area contributed by atoms with Crippen molar-refractivity contribution in [3.8, 4) is 5.75 Å². The van der Waals surface area contributed by atoms with Gasteiger partial charge in [-0.1, -0.05) is 0 Å². The quantitative estimate of drug-likeness (QED) is 0.478. The number of amides is 1. The summed E-state index contributed by atoms with van der Waals surface area (Å²) >= 11 is 0. The highest BCUT2D eigenvalue weighted by Gasteiger charge is 2.28. The number of benzene rings is 1. The molecule has 0 atom stereocenters. The van der Waals surface area contributed by atoms with E-state index >= 15 is 0 Å². The van der Waals surface area contributed by atoms with Crippen molar-refractivity contribution in [2.24, 2.45) is 0 Å². The van der Waals surface area contributed by atoms with Crippen molar-refractivity contribution in [3.05, 3.63) is 33.9 Å². The van der Waals surface area contributed by atoms with E-state index in [1.54, 1.807) is 0 Å². The number of rotatable bonds is 6. The van der Waals surface area contributed by atoms with Crippen molar-refractivity contribution in [1.29, 1.82) is 0 Å². The van der Waals surface area contributed by atoms with Crippen molar-refractivity contribution in [2.75, 3.05) is 20.3 Å². The molecule has 8 nitrogen and oxygen atoms in total. The van der Waals surface area contributed by atoms with Gasteiger partial charge >= 0.3 is 17.8 Å². The minimum atomic E-state index is -4.59. The van der Waals surface area contributed by atoms with E-state index in [2.05, 4.69) is 4.74 Å². The van der Waals surface area contributed by atoms with Crippen LogP contribution in [-0.2, 0) is 9.53 Å². The van der Waals surface area contributed by atoms with E-state index in [1.807, 2.05) is 0 Å². The van der Waals surface area contributed by atoms with Crippen LogP contribution >= 0.6 is 0 Å². The molecule has 0 aliphatic carbocycles. The zero-order valence-corrected chi connectivity index (χ0v) is 11.7. The van der Waals surface area contributed by atoms with Crippen molar-refractivity contribution in [3.63, 3.8) is 0 Å². The van der Waals surface area contributed by atoms with Gasteiger partial charge in [0.2, 0.25) is 0 Å². The van der Waals surface area contributed by atoms with Crippen molar-refractivity contribution < 1.29 is 37.2 Å². The number of halogens is 3. The van der Waals surface area contributed by atoms with E-state index in [-0.39, 0.29) is 11.3 Å². The van der Waals surface area contributed by atoms with E-state index in [0.717, 1.165) is 18.2 Å². The molecule has 0 unspecified atom stereocenters. The van der Waals surface area contributed by atoms with E-state index in [1.165, 1.54) is 12.4 Å². The molecule has 0 radical (unpaired) electrons. The number of nitrogens with one attached hydrogen (secondary N) is 1. The van der Waals surface area contributed by atoms with Crippen molar-refractivity contribution >= 4 is 17.6 Å². The summed E-state index contributed by atoms with van der Waals surface area (Å²) in [6.45, 7) is -2.51. The second-order valence-corrected chi connectivity index (χ2v) is 4.11. The maximum absolute atomic E-state index is 11.9. The fraction of sp³-hybridized carbons (Fsp3) is 0.333. The van der Waals surface area contributed by atoms with Gasteiger partial charge in [-0.2, -0.15) is 13.2 Å². The highest BCUT2D eigenvalue weighted by atomic mass is 19.4. The lowest BCUT2D eigenvalue weighted by Gasteiger charge is -2.09. The van der Waals surface area contributed by atoms with Gasteiger partial charge in [0.25, 0.3) is 5.91 Å². The summed E-state index contributed by atoms with van der Waals surface area (Å²) < 4.78 is 44.8. The normalized spacial score (nSPS) is 10.8. The number of methoxy groups -OCH3 is 1. The Bertz CT molecular complexity index is 617. The van der Waals surface area contributed by atoms with Crippen LogP contribution in [-0.4, -0.2) is 43.2 Å². The summed E-state index contributed by atoms with van der Waals surface area (Å²) in [7, 11) is 1.20. The molecule has 0 heterocycles. The van der Waals surface area contributed by atoms with Gasteiger partial charge in [-0.05, 0) is 12.1 Å². The number of carbonyl (C=O) groups is 2. The lowest BCUT2D eigenvalue weighted by molar-refractivity contribution is -0.385. The fourth-order valence-electron chi connectivity index (χ4n) is 1.42. The Morgan fingerprint density at radius 1 is 1.35 bits per heavy atom. The predicted octanol–water partition coefficient (Wildman–Crippen LogP) is 1.44. The molecule has 1 amide bonds. The number of nitro benzene ring substituents is 1. The largest absolute Gasteiger partial charge is 0.490 e.